The van der Waals surface area contributed by atoms with Crippen molar-refractivity contribution >= 4 is 17.3 Å². The molecule has 2 N–H and O–H groups in total. The summed E-state index contributed by atoms with van der Waals surface area (Å²) in [6, 6.07) is 12.9. The molecule has 1 atom stereocenters. The predicted octanol–water partition coefficient (Wildman–Crippen LogP) is 2.75. The molecule has 1 saturated heterocycles. The van der Waals surface area contributed by atoms with Crippen LogP contribution in [0.15, 0.2) is 42.5 Å². The summed E-state index contributed by atoms with van der Waals surface area (Å²) >= 11 is 0. The zero-order chi connectivity index (χ0) is 20.8. The van der Waals surface area contributed by atoms with Gasteiger partial charge in [-0.3, -0.25) is 19.8 Å². The van der Waals surface area contributed by atoms with Crippen molar-refractivity contribution in [1.29, 1.82) is 0 Å². The number of carbonyl (C=O) groups is 1. The van der Waals surface area contributed by atoms with Gasteiger partial charge in [0.05, 0.1) is 24.6 Å². The van der Waals surface area contributed by atoms with Crippen LogP contribution in [0.25, 0.3) is 0 Å². The molecule has 0 spiro atoms. The molecule has 2 aromatic rings. The highest BCUT2D eigenvalue weighted by Crippen LogP contribution is 2.29. The van der Waals surface area contributed by atoms with Crippen molar-refractivity contribution in [3.63, 3.8) is 0 Å². The molecule has 0 saturated carbocycles. The lowest BCUT2D eigenvalue weighted by molar-refractivity contribution is -0.384. The van der Waals surface area contributed by atoms with E-state index in [1.54, 1.807) is 6.07 Å². The number of anilines is 1. The lowest BCUT2D eigenvalue weighted by Crippen LogP contribution is -2.48. The summed E-state index contributed by atoms with van der Waals surface area (Å²) < 4.78 is 5.03. The first kappa shape index (κ1) is 20.8. The van der Waals surface area contributed by atoms with Gasteiger partial charge in [-0.2, -0.15) is 0 Å². The Morgan fingerprint density at radius 1 is 1.31 bits per heavy atom. The van der Waals surface area contributed by atoms with E-state index in [9.17, 15) is 14.9 Å². The number of aryl methyl sites for hydroxylation is 1. The molecule has 1 aliphatic heterocycles. The van der Waals surface area contributed by atoms with Gasteiger partial charge in [-0.15, -0.1) is 0 Å². The Morgan fingerprint density at radius 2 is 2.07 bits per heavy atom. The van der Waals surface area contributed by atoms with E-state index in [2.05, 4.69) is 46.7 Å². The van der Waals surface area contributed by atoms with Crippen LogP contribution in [-0.2, 0) is 11.2 Å². The van der Waals surface area contributed by atoms with Crippen LogP contribution in [0.5, 0.6) is 5.75 Å². The normalized spacial score (nSPS) is 17.0. The van der Waals surface area contributed by atoms with E-state index in [1.807, 2.05) is 0 Å². The van der Waals surface area contributed by atoms with Crippen molar-refractivity contribution in [3.8, 4) is 5.75 Å². The lowest BCUT2D eigenvalue weighted by atomic mass is 10.0. The van der Waals surface area contributed by atoms with Crippen molar-refractivity contribution < 1.29 is 14.5 Å². The van der Waals surface area contributed by atoms with Crippen molar-refractivity contribution in [2.75, 3.05) is 38.6 Å². The number of nitro groups is 1. The molecule has 2 aromatic carbocycles. The molecule has 0 aromatic heterocycles. The maximum atomic E-state index is 12.7. The highest BCUT2D eigenvalue weighted by atomic mass is 16.6. The second-order valence-corrected chi connectivity index (χ2v) is 6.97. The second-order valence-electron chi connectivity index (χ2n) is 6.97. The third-order valence-electron chi connectivity index (χ3n) is 5.15. The molecule has 0 radical (unpaired) electrons. The maximum Gasteiger partial charge on any atom is 0.296 e. The van der Waals surface area contributed by atoms with Crippen LogP contribution in [0.2, 0.25) is 0 Å². The zero-order valence-electron chi connectivity index (χ0n) is 16.7. The van der Waals surface area contributed by atoms with E-state index in [4.69, 9.17) is 4.74 Å². The summed E-state index contributed by atoms with van der Waals surface area (Å²) in [5.41, 5.74) is 2.40. The molecule has 1 aliphatic rings. The van der Waals surface area contributed by atoms with Gasteiger partial charge in [0, 0.05) is 25.7 Å². The van der Waals surface area contributed by atoms with Crippen molar-refractivity contribution in [2.45, 2.75) is 19.4 Å². The first-order valence-electron chi connectivity index (χ1n) is 9.67. The van der Waals surface area contributed by atoms with Gasteiger partial charge in [0.1, 0.15) is 11.4 Å². The largest absolute Gasteiger partial charge is 0.496 e. The van der Waals surface area contributed by atoms with Gasteiger partial charge in [-0.25, -0.2) is 0 Å². The minimum absolute atomic E-state index is 0.0752. The molecule has 1 heterocycles. The minimum Gasteiger partial charge on any atom is -0.496 e. The summed E-state index contributed by atoms with van der Waals surface area (Å²) in [4.78, 5) is 25.6. The fraction of sp³-hybridized carbons (Fsp3) is 0.381. The van der Waals surface area contributed by atoms with Crippen molar-refractivity contribution in [1.82, 2.24) is 10.2 Å². The van der Waals surface area contributed by atoms with Gasteiger partial charge < -0.3 is 15.4 Å². The van der Waals surface area contributed by atoms with Crippen LogP contribution in [0.4, 0.5) is 11.4 Å². The van der Waals surface area contributed by atoms with E-state index >= 15 is 0 Å². The first-order chi connectivity index (χ1) is 14.0. The standard InChI is InChI=1S/C21H26N4O4/c1-3-15-4-6-16(7-5-15)20-13-22-10-11-24(20)14-21(26)23-18-9-8-17(29-2)12-19(18)25(27)28/h4-9,12,20,22H,3,10-11,13-14H2,1-2H3,(H,23,26). The Kier molecular flexibility index (Phi) is 6.79. The molecule has 1 unspecified atom stereocenters. The average Bonchev–Trinajstić information content (AvgIpc) is 2.74. The number of rotatable bonds is 7. The van der Waals surface area contributed by atoms with Crippen molar-refractivity contribution in [3.05, 3.63) is 63.7 Å². The number of nitrogens with zero attached hydrogens (tertiary/aromatic N) is 2. The molecule has 0 aliphatic carbocycles. The van der Waals surface area contributed by atoms with Crippen LogP contribution in [0, 0.1) is 10.1 Å². The van der Waals surface area contributed by atoms with Crippen LogP contribution in [-0.4, -0.2) is 49.0 Å². The number of piperazine rings is 1. The number of nitro benzene ring substituents is 1. The smallest absolute Gasteiger partial charge is 0.296 e. The summed E-state index contributed by atoms with van der Waals surface area (Å²) in [6.07, 6.45) is 0.982. The average molecular weight is 398 g/mol. The highest BCUT2D eigenvalue weighted by Gasteiger charge is 2.26. The molecule has 154 valence electrons. The zero-order valence-corrected chi connectivity index (χ0v) is 16.7. The summed E-state index contributed by atoms with van der Waals surface area (Å²) in [7, 11) is 1.44. The Labute approximate surface area is 170 Å². The molecule has 8 heteroatoms. The second kappa shape index (κ2) is 9.49. The molecular formula is C21H26N4O4. The van der Waals surface area contributed by atoms with Gasteiger partial charge in [-0.05, 0) is 29.7 Å². The van der Waals surface area contributed by atoms with Crippen LogP contribution in [0.1, 0.15) is 24.1 Å². The Morgan fingerprint density at radius 3 is 2.72 bits per heavy atom. The van der Waals surface area contributed by atoms with Gasteiger partial charge >= 0.3 is 0 Å². The SMILES string of the molecule is CCc1ccc(C2CNCCN2CC(=O)Nc2ccc(OC)cc2[N+](=O)[O-])cc1. The molecule has 3 rings (SSSR count). The summed E-state index contributed by atoms with van der Waals surface area (Å²) in [5, 5.41) is 17.4. The monoisotopic (exact) mass is 398 g/mol. The molecule has 29 heavy (non-hydrogen) atoms. The van der Waals surface area contributed by atoms with Crippen molar-refractivity contribution in [2.24, 2.45) is 0 Å². The molecular weight excluding hydrogens is 372 g/mol. The van der Waals surface area contributed by atoms with E-state index in [-0.39, 0.29) is 29.9 Å². The number of hydrogen-bond donors (Lipinski definition) is 2. The fourth-order valence-electron chi connectivity index (χ4n) is 3.51. The lowest BCUT2D eigenvalue weighted by Gasteiger charge is -2.36. The van der Waals surface area contributed by atoms with E-state index in [1.165, 1.54) is 24.8 Å². The number of carbonyl (C=O) groups excluding carboxylic acids is 1. The first-order valence-corrected chi connectivity index (χ1v) is 9.67. The number of nitrogens with one attached hydrogen (secondary N) is 2. The number of ether oxygens (including phenoxy) is 1. The van der Waals surface area contributed by atoms with Gasteiger partial charge in [0.2, 0.25) is 5.91 Å². The summed E-state index contributed by atoms with van der Waals surface area (Å²) in [6.45, 7) is 4.54. The Hall–Kier alpha value is -2.97. The summed E-state index contributed by atoms with van der Waals surface area (Å²) in [5.74, 6) is 0.0859. The highest BCUT2D eigenvalue weighted by molar-refractivity contribution is 5.94. The molecule has 1 amide bonds. The topological polar surface area (TPSA) is 96.7 Å². The van der Waals surface area contributed by atoms with Crippen LogP contribution < -0.4 is 15.4 Å². The Bertz CT molecular complexity index is 869. The number of hydrogen-bond acceptors (Lipinski definition) is 6. The molecule has 0 bridgehead atoms. The third-order valence-corrected chi connectivity index (χ3v) is 5.15. The van der Waals surface area contributed by atoms with Crippen LogP contribution >= 0.6 is 0 Å². The fourth-order valence-corrected chi connectivity index (χ4v) is 3.51. The number of benzene rings is 2. The Balaban J connectivity index is 1.72. The third kappa shape index (κ3) is 5.10. The van der Waals surface area contributed by atoms with Gasteiger partial charge in [0.15, 0.2) is 0 Å². The van der Waals surface area contributed by atoms with E-state index in [0.29, 0.717) is 5.75 Å². The molecule has 8 nitrogen and oxygen atoms in total. The maximum absolute atomic E-state index is 12.7. The van der Waals surface area contributed by atoms with Gasteiger partial charge in [-0.1, -0.05) is 31.2 Å². The molecule has 1 fully saturated rings. The minimum atomic E-state index is -0.527. The predicted molar refractivity (Wildman–Crippen MR) is 111 cm³/mol. The van der Waals surface area contributed by atoms with E-state index in [0.717, 1.165) is 31.6 Å². The number of amides is 1. The quantitative estimate of drug-likeness (QED) is 0.550. The van der Waals surface area contributed by atoms with Crippen LogP contribution in [0.3, 0.4) is 0 Å². The van der Waals surface area contributed by atoms with E-state index < -0.39 is 4.92 Å². The number of methoxy groups -OCH3 is 1. The van der Waals surface area contributed by atoms with Gasteiger partial charge in [0.25, 0.3) is 5.69 Å².